The summed E-state index contributed by atoms with van der Waals surface area (Å²) < 4.78 is 11.8. The van der Waals surface area contributed by atoms with Gasteiger partial charge in [0.1, 0.15) is 0 Å². The number of hydrogen-bond donors (Lipinski definition) is 2. The van der Waals surface area contributed by atoms with Crippen LogP contribution in [0.5, 0.6) is 0 Å². The maximum absolute atomic E-state index is 13.0. The molecular formula is C27H46N2O4. The predicted octanol–water partition coefficient (Wildman–Crippen LogP) is 4.50. The van der Waals surface area contributed by atoms with E-state index in [1.165, 1.54) is 38.5 Å². The quantitative estimate of drug-likeness (QED) is 0.529. The van der Waals surface area contributed by atoms with Crippen molar-refractivity contribution in [2.45, 2.75) is 121 Å². The van der Waals surface area contributed by atoms with Crippen LogP contribution in [0.4, 0.5) is 0 Å². The second-order valence-corrected chi connectivity index (χ2v) is 11.0. The minimum absolute atomic E-state index is 0.0276. The molecule has 1 heterocycles. The maximum Gasteiger partial charge on any atom is 0.225 e. The van der Waals surface area contributed by atoms with Crippen molar-refractivity contribution in [2.24, 2.45) is 17.8 Å². The molecule has 4 rings (SSSR count). The first-order chi connectivity index (χ1) is 16.2. The zero-order valence-electron chi connectivity index (χ0n) is 20.5. The lowest BCUT2D eigenvalue weighted by Crippen LogP contribution is -2.50. The Morgan fingerprint density at radius 1 is 0.788 bits per heavy atom. The van der Waals surface area contributed by atoms with Gasteiger partial charge in [0.05, 0.1) is 18.1 Å². The lowest BCUT2D eigenvalue weighted by molar-refractivity contribution is -0.131. The molecule has 6 nitrogen and oxygen atoms in total. The Balaban J connectivity index is 1.15. The van der Waals surface area contributed by atoms with Gasteiger partial charge in [-0.2, -0.15) is 0 Å². The highest BCUT2D eigenvalue weighted by Crippen LogP contribution is 2.30. The van der Waals surface area contributed by atoms with Crippen LogP contribution in [0.15, 0.2) is 0 Å². The lowest BCUT2D eigenvalue weighted by Gasteiger charge is -2.34. The van der Waals surface area contributed by atoms with Crippen molar-refractivity contribution in [1.82, 2.24) is 10.6 Å². The van der Waals surface area contributed by atoms with Crippen LogP contribution in [0.25, 0.3) is 0 Å². The maximum atomic E-state index is 13.0. The second kappa shape index (κ2) is 13.1. The number of nitrogens with one attached hydrogen (secondary N) is 2. The Morgan fingerprint density at radius 2 is 1.55 bits per heavy atom. The molecule has 3 atom stereocenters. The van der Waals surface area contributed by atoms with Crippen molar-refractivity contribution in [3.05, 3.63) is 0 Å². The largest absolute Gasteiger partial charge is 0.378 e. The number of rotatable bonds is 9. The predicted molar refractivity (Wildman–Crippen MR) is 129 cm³/mol. The van der Waals surface area contributed by atoms with Gasteiger partial charge in [-0.3, -0.25) is 9.59 Å². The highest BCUT2D eigenvalue weighted by Gasteiger charge is 2.35. The van der Waals surface area contributed by atoms with E-state index in [0.717, 1.165) is 83.3 Å². The minimum Gasteiger partial charge on any atom is -0.378 e. The van der Waals surface area contributed by atoms with E-state index >= 15 is 0 Å². The van der Waals surface area contributed by atoms with E-state index in [1.807, 2.05) is 0 Å². The summed E-state index contributed by atoms with van der Waals surface area (Å²) in [5.41, 5.74) is 0. The molecule has 188 valence electrons. The standard InChI is InChI=1S/C27H46N2O4/c30-26(21-12-14-22(15-13-21)33-18-16-20-7-2-1-3-8-20)29-25-11-5-4-10-24(25)27(31)28-19-23-9-6-17-32-23/h20-25H,1-19H2,(H,28,31)(H,29,30). The van der Waals surface area contributed by atoms with E-state index in [9.17, 15) is 9.59 Å². The van der Waals surface area contributed by atoms with Gasteiger partial charge in [0.15, 0.2) is 0 Å². The third-order valence-electron chi connectivity index (χ3n) is 8.61. The minimum atomic E-state index is -0.108. The molecule has 0 radical (unpaired) electrons. The van der Waals surface area contributed by atoms with E-state index in [4.69, 9.17) is 9.47 Å². The SMILES string of the molecule is O=C(NC1CCCCC1C(=O)NCC1CCCO1)C1CCC(OCCC2CCCCC2)CC1. The number of carbonyl (C=O) groups is 2. The number of carbonyl (C=O) groups excluding carboxylic acids is 2. The summed E-state index contributed by atoms with van der Waals surface area (Å²) in [5, 5.41) is 6.37. The van der Waals surface area contributed by atoms with Crippen LogP contribution in [0.3, 0.4) is 0 Å². The van der Waals surface area contributed by atoms with Crippen molar-refractivity contribution in [3.63, 3.8) is 0 Å². The van der Waals surface area contributed by atoms with E-state index in [-0.39, 0.29) is 35.8 Å². The molecule has 0 aromatic rings. The number of ether oxygens (including phenoxy) is 2. The van der Waals surface area contributed by atoms with E-state index in [2.05, 4.69) is 10.6 Å². The lowest BCUT2D eigenvalue weighted by atomic mass is 9.82. The zero-order valence-corrected chi connectivity index (χ0v) is 20.5. The monoisotopic (exact) mass is 462 g/mol. The molecule has 2 amide bonds. The van der Waals surface area contributed by atoms with Crippen LogP contribution in [0.2, 0.25) is 0 Å². The first-order valence-electron chi connectivity index (χ1n) is 14.0. The smallest absolute Gasteiger partial charge is 0.225 e. The van der Waals surface area contributed by atoms with Gasteiger partial charge in [-0.15, -0.1) is 0 Å². The van der Waals surface area contributed by atoms with E-state index in [0.29, 0.717) is 12.6 Å². The Kier molecular flexibility index (Phi) is 9.90. The van der Waals surface area contributed by atoms with Crippen LogP contribution in [-0.2, 0) is 19.1 Å². The zero-order chi connectivity index (χ0) is 22.9. The summed E-state index contributed by atoms with van der Waals surface area (Å²) in [4.78, 5) is 25.9. The van der Waals surface area contributed by atoms with Gasteiger partial charge < -0.3 is 20.1 Å². The summed E-state index contributed by atoms with van der Waals surface area (Å²) >= 11 is 0. The molecule has 0 aromatic carbocycles. The van der Waals surface area contributed by atoms with Crippen molar-refractivity contribution in [1.29, 1.82) is 0 Å². The van der Waals surface area contributed by atoms with Gasteiger partial charge in [0.25, 0.3) is 0 Å². The molecule has 33 heavy (non-hydrogen) atoms. The normalized spacial score (nSPS) is 33.5. The Hall–Kier alpha value is -1.14. The molecule has 2 N–H and O–H groups in total. The molecular weight excluding hydrogens is 416 g/mol. The highest BCUT2D eigenvalue weighted by molar-refractivity contribution is 5.82. The molecule has 1 aliphatic heterocycles. The third kappa shape index (κ3) is 7.68. The Morgan fingerprint density at radius 3 is 2.30 bits per heavy atom. The summed E-state index contributed by atoms with van der Waals surface area (Å²) in [6.45, 7) is 2.29. The average molecular weight is 463 g/mol. The molecule has 0 aromatic heterocycles. The molecule has 6 heteroatoms. The fourth-order valence-corrected chi connectivity index (χ4v) is 6.44. The molecule has 4 aliphatic rings. The van der Waals surface area contributed by atoms with Crippen molar-refractivity contribution >= 4 is 11.8 Å². The number of amides is 2. The molecule has 3 aliphatic carbocycles. The van der Waals surface area contributed by atoms with Crippen molar-refractivity contribution in [2.75, 3.05) is 19.8 Å². The molecule has 0 spiro atoms. The van der Waals surface area contributed by atoms with Gasteiger partial charge in [-0.1, -0.05) is 44.9 Å². The van der Waals surface area contributed by atoms with Crippen LogP contribution >= 0.6 is 0 Å². The van der Waals surface area contributed by atoms with E-state index < -0.39 is 0 Å². The van der Waals surface area contributed by atoms with Gasteiger partial charge in [0, 0.05) is 31.7 Å². The summed E-state index contributed by atoms with van der Waals surface area (Å²) in [6, 6.07) is -0.0276. The molecule has 0 bridgehead atoms. The molecule has 1 saturated heterocycles. The molecule has 3 unspecified atom stereocenters. The summed E-state index contributed by atoms with van der Waals surface area (Å²) in [5.74, 6) is 1.07. The Labute approximate surface area is 200 Å². The van der Waals surface area contributed by atoms with Gasteiger partial charge in [-0.25, -0.2) is 0 Å². The topological polar surface area (TPSA) is 76.7 Å². The first kappa shape index (κ1) is 25.0. The Bertz CT molecular complexity index is 607. The summed E-state index contributed by atoms with van der Waals surface area (Å²) in [7, 11) is 0. The fourth-order valence-electron chi connectivity index (χ4n) is 6.44. The van der Waals surface area contributed by atoms with Crippen LogP contribution < -0.4 is 10.6 Å². The third-order valence-corrected chi connectivity index (χ3v) is 8.61. The fraction of sp³-hybridized carbons (Fsp3) is 0.926. The summed E-state index contributed by atoms with van der Waals surface area (Å²) in [6.07, 6.45) is 18.4. The second-order valence-electron chi connectivity index (χ2n) is 11.0. The van der Waals surface area contributed by atoms with Crippen LogP contribution in [-0.4, -0.2) is 49.8 Å². The molecule has 4 fully saturated rings. The van der Waals surface area contributed by atoms with Gasteiger partial charge in [-0.05, 0) is 63.7 Å². The average Bonchev–Trinajstić information content (AvgIpc) is 3.38. The highest BCUT2D eigenvalue weighted by atomic mass is 16.5. The van der Waals surface area contributed by atoms with Crippen LogP contribution in [0, 0.1) is 17.8 Å². The van der Waals surface area contributed by atoms with Gasteiger partial charge >= 0.3 is 0 Å². The molecule has 3 saturated carbocycles. The van der Waals surface area contributed by atoms with Crippen molar-refractivity contribution < 1.29 is 19.1 Å². The van der Waals surface area contributed by atoms with Crippen molar-refractivity contribution in [3.8, 4) is 0 Å². The first-order valence-corrected chi connectivity index (χ1v) is 14.0. The number of hydrogen-bond acceptors (Lipinski definition) is 4. The van der Waals surface area contributed by atoms with E-state index in [1.54, 1.807) is 0 Å². The van der Waals surface area contributed by atoms with Gasteiger partial charge in [0.2, 0.25) is 11.8 Å². The van der Waals surface area contributed by atoms with Crippen LogP contribution in [0.1, 0.15) is 103 Å².